The molecule has 1 aromatic rings. The Hall–Kier alpha value is -2.53. The first kappa shape index (κ1) is 20.2. The van der Waals surface area contributed by atoms with Gasteiger partial charge in [-0.3, -0.25) is 4.79 Å². The van der Waals surface area contributed by atoms with Crippen LogP contribution < -0.4 is 5.56 Å². The maximum absolute atomic E-state index is 13.4. The molecule has 5 nitrogen and oxygen atoms in total. The number of pyridine rings is 1. The van der Waals surface area contributed by atoms with E-state index in [0.717, 1.165) is 0 Å². The first-order valence-corrected chi connectivity index (χ1v) is 8.93. The molecule has 1 atom stereocenters. The molecule has 0 amide bonds. The highest BCUT2D eigenvalue weighted by Gasteiger charge is 2.61. The van der Waals surface area contributed by atoms with Gasteiger partial charge in [-0.15, -0.1) is 0 Å². The van der Waals surface area contributed by atoms with E-state index in [4.69, 9.17) is 4.74 Å². The van der Waals surface area contributed by atoms with Crippen LogP contribution in [-0.4, -0.2) is 34.0 Å². The fourth-order valence-electron chi connectivity index (χ4n) is 3.46. The number of carbonyl (C=O) groups excluding carboxylic acids is 1. The second-order valence-electron chi connectivity index (χ2n) is 7.15. The SMILES string of the molecule is CCOC(=O)C1=C(C)Cc2c1c(C#CC(O)(C1CC1)C(F)(F)F)cn(C)c2=O. The van der Waals surface area contributed by atoms with Crippen molar-refractivity contribution in [3.8, 4) is 11.8 Å². The highest BCUT2D eigenvalue weighted by Crippen LogP contribution is 2.48. The number of hydrogen-bond acceptors (Lipinski definition) is 4. The molecule has 0 aliphatic heterocycles. The lowest BCUT2D eigenvalue weighted by Gasteiger charge is -2.24. The van der Waals surface area contributed by atoms with Crippen LogP contribution in [0.15, 0.2) is 16.6 Å². The van der Waals surface area contributed by atoms with Gasteiger partial charge in [-0.05, 0) is 26.7 Å². The van der Waals surface area contributed by atoms with Gasteiger partial charge in [-0.1, -0.05) is 17.4 Å². The fourth-order valence-corrected chi connectivity index (χ4v) is 3.46. The molecular formula is C20H20F3NO4. The van der Waals surface area contributed by atoms with Crippen LogP contribution in [0.4, 0.5) is 13.2 Å². The van der Waals surface area contributed by atoms with Crippen molar-refractivity contribution in [2.75, 3.05) is 6.61 Å². The number of halogens is 3. The normalized spacial score (nSPS) is 18.2. The van der Waals surface area contributed by atoms with Crippen LogP contribution in [0.25, 0.3) is 5.57 Å². The zero-order valence-corrected chi connectivity index (χ0v) is 15.7. The van der Waals surface area contributed by atoms with Crippen molar-refractivity contribution in [2.24, 2.45) is 13.0 Å². The third-order valence-corrected chi connectivity index (χ3v) is 5.06. The van der Waals surface area contributed by atoms with Gasteiger partial charge in [-0.25, -0.2) is 4.79 Å². The van der Waals surface area contributed by atoms with Crippen LogP contribution in [0, 0.1) is 17.8 Å². The van der Waals surface area contributed by atoms with Crippen molar-refractivity contribution in [1.29, 1.82) is 0 Å². The Balaban J connectivity index is 2.18. The van der Waals surface area contributed by atoms with Gasteiger partial charge >= 0.3 is 12.1 Å². The molecule has 0 saturated heterocycles. The molecule has 28 heavy (non-hydrogen) atoms. The van der Waals surface area contributed by atoms with Crippen LogP contribution >= 0.6 is 0 Å². The predicted octanol–water partition coefficient (Wildman–Crippen LogP) is 2.33. The topological polar surface area (TPSA) is 68.5 Å². The number of hydrogen-bond donors (Lipinski definition) is 1. The first-order valence-electron chi connectivity index (χ1n) is 8.93. The van der Waals surface area contributed by atoms with E-state index in [1.54, 1.807) is 13.8 Å². The summed E-state index contributed by atoms with van der Waals surface area (Å²) < 4.78 is 46.4. The second kappa shape index (κ2) is 6.82. The van der Waals surface area contributed by atoms with Crippen molar-refractivity contribution >= 4 is 11.5 Å². The minimum Gasteiger partial charge on any atom is -0.462 e. The summed E-state index contributed by atoms with van der Waals surface area (Å²) in [4.78, 5) is 24.8. The molecule has 0 bridgehead atoms. The van der Waals surface area contributed by atoms with Crippen molar-refractivity contribution in [3.63, 3.8) is 0 Å². The number of esters is 1. The van der Waals surface area contributed by atoms with Crippen molar-refractivity contribution < 1.29 is 27.8 Å². The van der Waals surface area contributed by atoms with Crippen LogP contribution in [-0.2, 0) is 23.0 Å². The molecule has 2 aliphatic rings. The molecule has 0 radical (unpaired) electrons. The minimum absolute atomic E-state index is 0.0836. The Bertz CT molecular complexity index is 990. The first-order chi connectivity index (χ1) is 13.0. The summed E-state index contributed by atoms with van der Waals surface area (Å²) in [6, 6.07) is 0. The van der Waals surface area contributed by atoms with E-state index in [1.807, 2.05) is 5.92 Å². The molecule has 1 saturated carbocycles. The van der Waals surface area contributed by atoms with E-state index in [1.165, 1.54) is 17.8 Å². The molecule has 8 heteroatoms. The molecule has 0 aromatic carbocycles. The highest BCUT2D eigenvalue weighted by molar-refractivity contribution is 6.19. The zero-order valence-electron chi connectivity index (χ0n) is 15.7. The Morgan fingerprint density at radius 2 is 2.04 bits per heavy atom. The fraction of sp³-hybridized carbons (Fsp3) is 0.500. The Kier molecular flexibility index (Phi) is 4.92. The molecule has 1 N–H and O–H groups in total. The largest absolute Gasteiger partial charge is 0.462 e. The standard InChI is InChI=1S/C20H20F3NO4/c1-4-28-18(26)15-11(2)9-14-16(15)12(10-24(3)17(14)25)7-8-19(27,13-5-6-13)20(21,22)23/h10,13,27H,4-6,9H2,1-3H3. The summed E-state index contributed by atoms with van der Waals surface area (Å²) in [5.74, 6) is 2.78. The van der Waals surface area contributed by atoms with Crippen molar-refractivity contribution in [3.05, 3.63) is 38.8 Å². The van der Waals surface area contributed by atoms with E-state index in [9.17, 15) is 27.9 Å². The van der Waals surface area contributed by atoms with Gasteiger partial charge in [-0.2, -0.15) is 13.2 Å². The number of aryl methyl sites for hydroxylation is 1. The van der Waals surface area contributed by atoms with Crippen LogP contribution in [0.1, 0.15) is 43.4 Å². The molecule has 3 rings (SSSR count). The molecule has 1 unspecified atom stereocenters. The number of alkyl halides is 3. The monoisotopic (exact) mass is 395 g/mol. The summed E-state index contributed by atoms with van der Waals surface area (Å²) in [7, 11) is 1.46. The van der Waals surface area contributed by atoms with E-state index >= 15 is 0 Å². The number of nitrogens with zero attached hydrogens (tertiary/aromatic N) is 1. The minimum atomic E-state index is -4.90. The lowest BCUT2D eigenvalue weighted by Crippen LogP contribution is -2.46. The number of aliphatic hydroxyl groups is 1. The lowest BCUT2D eigenvalue weighted by atomic mass is 9.95. The Morgan fingerprint density at radius 1 is 1.39 bits per heavy atom. The Labute approximate surface area is 159 Å². The second-order valence-corrected chi connectivity index (χ2v) is 7.15. The van der Waals surface area contributed by atoms with Gasteiger partial charge in [0.25, 0.3) is 5.56 Å². The molecular weight excluding hydrogens is 375 g/mol. The third kappa shape index (κ3) is 3.24. The van der Waals surface area contributed by atoms with Crippen LogP contribution in [0.2, 0.25) is 0 Å². The maximum atomic E-state index is 13.4. The molecule has 2 aliphatic carbocycles. The third-order valence-electron chi connectivity index (χ3n) is 5.06. The highest BCUT2D eigenvalue weighted by atomic mass is 19.4. The maximum Gasteiger partial charge on any atom is 0.428 e. The van der Waals surface area contributed by atoms with Gasteiger partial charge in [0, 0.05) is 42.3 Å². The van der Waals surface area contributed by atoms with Gasteiger partial charge in [0.2, 0.25) is 5.60 Å². The molecule has 1 fully saturated rings. The molecule has 1 aromatic heterocycles. The number of fused-ring (bicyclic) bond motifs is 1. The van der Waals surface area contributed by atoms with Crippen LogP contribution in [0.5, 0.6) is 0 Å². The van der Waals surface area contributed by atoms with E-state index in [2.05, 4.69) is 5.92 Å². The average Bonchev–Trinajstić information content (AvgIpc) is 3.39. The average molecular weight is 395 g/mol. The molecule has 0 spiro atoms. The van der Waals surface area contributed by atoms with E-state index in [-0.39, 0.29) is 53.7 Å². The Morgan fingerprint density at radius 3 is 2.57 bits per heavy atom. The quantitative estimate of drug-likeness (QED) is 0.630. The summed E-state index contributed by atoms with van der Waals surface area (Å²) in [5, 5.41) is 10.2. The van der Waals surface area contributed by atoms with Gasteiger partial charge < -0.3 is 14.4 Å². The smallest absolute Gasteiger partial charge is 0.428 e. The molecule has 1 heterocycles. The number of rotatable bonds is 3. The number of allylic oxidation sites excluding steroid dienone is 1. The zero-order chi connectivity index (χ0) is 20.9. The van der Waals surface area contributed by atoms with Crippen LogP contribution in [0.3, 0.4) is 0 Å². The van der Waals surface area contributed by atoms with Gasteiger partial charge in [0.1, 0.15) is 0 Å². The van der Waals surface area contributed by atoms with Gasteiger partial charge in [0.15, 0.2) is 0 Å². The number of ether oxygens (including phenoxy) is 1. The predicted molar refractivity (Wildman–Crippen MR) is 95.2 cm³/mol. The summed E-state index contributed by atoms with van der Waals surface area (Å²) in [6.45, 7) is 3.42. The lowest BCUT2D eigenvalue weighted by molar-refractivity contribution is -0.242. The van der Waals surface area contributed by atoms with Crippen molar-refractivity contribution in [1.82, 2.24) is 4.57 Å². The van der Waals surface area contributed by atoms with Gasteiger partial charge in [0.05, 0.1) is 12.2 Å². The summed E-state index contributed by atoms with van der Waals surface area (Å²) in [5.41, 5.74) is -2.15. The number of carbonyl (C=O) groups is 1. The van der Waals surface area contributed by atoms with E-state index in [0.29, 0.717) is 5.57 Å². The summed E-state index contributed by atoms with van der Waals surface area (Å²) >= 11 is 0. The summed E-state index contributed by atoms with van der Waals surface area (Å²) in [6.07, 6.45) is -2.94. The molecule has 150 valence electrons. The van der Waals surface area contributed by atoms with E-state index < -0.39 is 23.7 Å². The van der Waals surface area contributed by atoms with Crippen molar-refractivity contribution in [2.45, 2.75) is 44.9 Å². The number of aromatic nitrogens is 1.